The van der Waals surface area contributed by atoms with E-state index in [1.54, 1.807) is 12.4 Å². The van der Waals surface area contributed by atoms with Gasteiger partial charge in [-0.2, -0.15) is 0 Å². The lowest BCUT2D eigenvalue weighted by Gasteiger charge is -2.32. The highest BCUT2D eigenvalue weighted by atomic mass is 16.7. The van der Waals surface area contributed by atoms with Gasteiger partial charge in [0.15, 0.2) is 0 Å². The molecule has 0 bridgehead atoms. The first-order valence-electron chi connectivity index (χ1n) is 7.87. The van der Waals surface area contributed by atoms with Crippen LogP contribution in [-0.4, -0.2) is 28.3 Å². The van der Waals surface area contributed by atoms with Gasteiger partial charge in [0.1, 0.15) is 0 Å². The fourth-order valence-corrected chi connectivity index (χ4v) is 2.95. The first-order chi connectivity index (χ1) is 10.9. The Hall–Kier alpha value is -1.98. The molecule has 4 rings (SSSR count). The van der Waals surface area contributed by atoms with E-state index in [1.807, 2.05) is 18.2 Å². The Labute approximate surface area is 136 Å². The predicted octanol–water partition coefficient (Wildman–Crippen LogP) is 3.08. The highest BCUT2D eigenvalue weighted by Gasteiger charge is 2.52. The van der Waals surface area contributed by atoms with Crippen molar-refractivity contribution in [3.63, 3.8) is 0 Å². The zero-order valence-electron chi connectivity index (χ0n) is 13.8. The van der Waals surface area contributed by atoms with Crippen LogP contribution in [0.3, 0.4) is 0 Å². The Kier molecular flexibility index (Phi) is 3.02. The van der Waals surface area contributed by atoms with Gasteiger partial charge in [-0.1, -0.05) is 18.2 Å². The van der Waals surface area contributed by atoms with Gasteiger partial charge in [0.2, 0.25) is 0 Å². The first kappa shape index (κ1) is 14.6. The smallest absolute Gasteiger partial charge is 0.399 e. The number of benzene rings is 1. The summed E-state index contributed by atoms with van der Waals surface area (Å²) in [6, 6.07) is 10.1. The second-order valence-corrected chi connectivity index (χ2v) is 7.03. The summed E-state index contributed by atoms with van der Waals surface area (Å²) in [6.07, 6.45) is 3.60. The third-order valence-electron chi connectivity index (χ3n) is 5.02. The molecule has 0 unspecified atom stereocenters. The highest BCUT2D eigenvalue weighted by Crippen LogP contribution is 2.37. The molecule has 0 aliphatic carbocycles. The number of nitrogens with zero attached hydrogens (tertiary/aromatic N) is 2. The van der Waals surface area contributed by atoms with E-state index in [0.717, 1.165) is 27.3 Å². The molecule has 0 N–H and O–H groups in total. The van der Waals surface area contributed by atoms with Gasteiger partial charge in [0, 0.05) is 23.2 Å². The molecule has 4 nitrogen and oxygen atoms in total. The fraction of sp³-hybridized carbons (Fsp3) is 0.333. The van der Waals surface area contributed by atoms with Crippen LogP contribution in [0, 0.1) is 0 Å². The SMILES string of the molecule is CC1(C)OB(c2ccnc3c2ccc2cccnc23)OC1(C)C. The van der Waals surface area contributed by atoms with Gasteiger partial charge in [0.05, 0.1) is 22.2 Å². The van der Waals surface area contributed by atoms with E-state index < -0.39 is 7.12 Å². The quantitative estimate of drug-likeness (QED) is 0.512. The average Bonchev–Trinajstić information content (AvgIpc) is 2.74. The Morgan fingerprint density at radius 3 is 2.26 bits per heavy atom. The number of rotatable bonds is 1. The lowest BCUT2D eigenvalue weighted by Crippen LogP contribution is -2.41. The zero-order valence-corrected chi connectivity index (χ0v) is 13.8. The van der Waals surface area contributed by atoms with Crippen LogP contribution in [0.25, 0.3) is 21.8 Å². The van der Waals surface area contributed by atoms with Crippen molar-refractivity contribution in [2.24, 2.45) is 0 Å². The van der Waals surface area contributed by atoms with E-state index in [-0.39, 0.29) is 11.2 Å². The van der Waals surface area contributed by atoms with Crippen molar-refractivity contribution >= 4 is 34.4 Å². The Morgan fingerprint density at radius 2 is 1.52 bits per heavy atom. The molecule has 3 heterocycles. The van der Waals surface area contributed by atoms with Gasteiger partial charge in [-0.3, -0.25) is 9.97 Å². The van der Waals surface area contributed by atoms with E-state index in [9.17, 15) is 0 Å². The molecule has 1 aliphatic heterocycles. The Morgan fingerprint density at radius 1 is 0.826 bits per heavy atom. The minimum absolute atomic E-state index is 0.359. The predicted molar refractivity (Wildman–Crippen MR) is 92.8 cm³/mol. The zero-order chi connectivity index (χ0) is 16.2. The van der Waals surface area contributed by atoms with Crippen molar-refractivity contribution < 1.29 is 9.31 Å². The fourth-order valence-electron chi connectivity index (χ4n) is 2.95. The number of fused-ring (bicyclic) bond motifs is 3. The van der Waals surface area contributed by atoms with Crippen LogP contribution in [0.4, 0.5) is 0 Å². The highest BCUT2D eigenvalue weighted by molar-refractivity contribution is 6.65. The molecular formula is C18H19BN2O2. The standard InChI is InChI=1S/C18H19BN2O2/c1-17(2)18(3,4)23-19(22-17)14-9-11-21-16-13(14)8-7-12-6-5-10-20-15(12)16/h5-11H,1-4H3. The second kappa shape index (κ2) is 4.76. The van der Waals surface area contributed by atoms with Crippen LogP contribution in [0.5, 0.6) is 0 Å². The molecule has 116 valence electrons. The Bertz CT molecular complexity index is 892. The van der Waals surface area contributed by atoms with E-state index in [0.29, 0.717) is 0 Å². The molecular weight excluding hydrogens is 287 g/mol. The van der Waals surface area contributed by atoms with Gasteiger partial charge in [-0.15, -0.1) is 0 Å². The number of pyridine rings is 2. The molecule has 0 radical (unpaired) electrons. The maximum Gasteiger partial charge on any atom is 0.495 e. The van der Waals surface area contributed by atoms with Crippen molar-refractivity contribution in [2.75, 3.05) is 0 Å². The van der Waals surface area contributed by atoms with Gasteiger partial charge < -0.3 is 9.31 Å². The lowest BCUT2D eigenvalue weighted by molar-refractivity contribution is 0.00578. The molecule has 2 aromatic heterocycles. The van der Waals surface area contributed by atoms with E-state index in [4.69, 9.17) is 9.31 Å². The third-order valence-corrected chi connectivity index (χ3v) is 5.02. The largest absolute Gasteiger partial charge is 0.495 e. The second-order valence-electron chi connectivity index (χ2n) is 7.03. The molecule has 0 spiro atoms. The molecule has 1 aliphatic rings. The third kappa shape index (κ3) is 2.15. The van der Waals surface area contributed by atoms with Crippen LogP contribution in [0.2, 0.25) is 0 Å². The maximum absolute atomic E-state index is 6.20. The average molecular weight is 306 g/mol. The number of hydrogen-bond acceptors (Lipinski definition) is 4. The minimum Gasteiger partial charge on any atom is -0.399 e. The van der Waals surface area contributed by atoms with Crippen LogP contribution in [-0.2, 0) is 9.31 Å². The summed E-state index contributed by atoms with van der Waals surface area (Å²) in [5, 5.41) is 2.11. The van der Waals surface area contributed by atoms with Crippen LogP contribution in [0.15, 0.2) is 42.7 Å². The van der Waals surface area contributed by atoms with E-state index in [1.165, 1.54) is 0 Å². The molecule has 0 atom stereocenters. The molecule has 0 saturated carbocycles. The summed E-state index contributed by atoms with van der Waals surface area (Å²) in [7, 11) is -0.397. The van der Waals surface area contributed by atoms with Crippen molar-refractivity contribution in [1.82, 2.24) is 9.97 Å². The normalized spacial score (nSPS) is 19.6. The molecule has 5 heteroatoms. The van der Waals surface area contributed by atoms with Crippen molar-refractivity contribution in [1.29, 1.82) is 0 Å². The first-order valence-corrected chi connectivity index (χ1v) is 7.87. The molecule has 1 aromatic carbocycles. The summed E-state index contributed by atoms with van der Waals surface area (Å²) in [4.78, 5) is 9.03. The summed E-state index contributed by atoms with van der Waals surface area (Å²) in [5.41, 5.74) is 2.07. The maximum atomic E-state index is 6.20. The van der Waals surface area contributed by atoms with Gasteiger partial charge >= 0.3 is 7.12 Å². The van der Waals surface area contributed by atoms with Crippen LogP contribution >= 0.6 is 0 Å². The Balaban J connectivity index is 1.91. The van der Waals surface area contributed by atoms with E-state index >= 15 is 0 Å². The summed E-state index contributed by atoms with van der Waals surface area (Å²) < 4.78 is 12.4. The molecule has 0 amide bonds. The summed E-state index contributed by atoms with van der Waals surface area (Å²) >= 11 is 0. The van der Waals surface area contributed by atoms with Crippen molar-refractivity contribution in [2.45, 2.75) is 38.9 Å². The van der Waals surface area contributed by atoms with Crippen LogP contribution in [0.1, 0.15) is 27.7 Å². The summed E-state index contributed by atoms with van der Waals surface area (Å²) in [5.74, 6) is 0. The molecule has 23 heavy (non-hydrogen) atoms. The molecule has 1 fully saturated rings. The summed E-state index contributed by atoms with van der Waals surface area (Å²) in [6.45, 7) is 8.25. The lowest BCUT2D eigenvalue weighted by atomic mass is 9.77. The van der Waals surface area contributed by atoms with Gasteiger partial charge in [-0.25, -0.2) is 0 Å². The minimum atomic E-state index is -0.397. The monoisotopic (exact) mass is 306 g/mol. The molecule has 1 saturated heterocycles. The molecule has 3 aromatic rings. The number of aromatic nitrogens is 2. The van der Waals surface area contributed by atoms with E-state index in [2.05, 4.69) is 49.8 Å². The van der Waals surface area contributed by atoms with Gasteiger partial charge in [0.25, 0.3) is 0 Å². The number of hydrogen-bond donors (Lipinski definition) is 0. The van der Waals surface area contributed by atoms with Crippen molar-refractivity contribution in [3.05, 3.63) is 42.7 Å². The topological polar surface area (TPSA) is 44.2 Å². The van der Waals surface area contributed by atoms with Crippen molar-refractivity contribution in [3.8, 4) is 0 Å². The van der Waals surface area contributed by atoms with Gasteiger partial charge in [-0.05, 0) is 45.3 Å². The van der Waals surface area contributed by atoms with Crippen LogP contribution < -0.4 is 5.46 Å².